The number of pyridine rings is 2. The number of aromatic nitrogens is 2. The predicted molar refractivity (Wildman–Crippen MR) is 108 cm³/mol. The highest BCUT2D eigenvalue weighted by Gasteiger charge is 2.43. The smallest absolute Gasteiger partial charge is 0.123 e. The molecule has 0 bridgehead atoms. The number of halogens is 1. The van der Waals surface area contributed by atoms with Crippen molar-refractivity contribution in [3.63, 3.8) is 0 Å². The third-order valence-corrected chi connectivity index (χ3v) is 5.74. The molecule has 4 aromatic rings. The number of hydrogen-bond acceptors (Lipinski definition) is 2. The van der Waals surface area contributed by atoms with Crippen LogP contribution < -0.4 is 0 Å². The molecule has 0 amide bonds. The van der Waals surface area contributed by atoms with Crippen LogP contribution in [0.4, 0.5) is 4.39 Å². The Balaban J connectivity index is 1.77. The lowest BCUT2D eigenvalue weighted by atomic mass is 9.70. The zero-order valence-electron chi connectivity index (χ0n) is 15.3. The molecular weight excluding hydrogens is 347 g/mol. The van der Waals surface area contributed by atoms with E-state index in [0.717, 1.165) is 24.0 Å². The Morgan fingerprint density at radius 3 is 1.86 bits per heavy atom. The van der Waals surface area contributed by atoms with Gasteiger partial charge in [0.05, 0.1) is 0 Å². The SMILES string of the molecule is Fc1ccc2c(c1)C(Cc1ccncc1)(Cc1ccncc1)c1ccccc1-2. The van der Waals surface area contributed by atoms with Gasteiger partial charge in [0.25, 0.3) is 0 Å². The van der Waals surface area contributed by atoms with E-state index < -0.39 is 0 Å². The second kappa shape index (κ2) is 6.68. The van der Waals surface area contributed by atoms with Crippen molar-refractivity contribution in [2.24, 2.45) is 0 Å². The van der Waals surface area contributed by atoms with Gasteiger partial charge in [-0.1, -0.05) is 30.3 Å². The summed E-state index contributed by atoms with van der Waals surface area (Å²) < 4.78 is 14.4. The molecule has 2 heterocycles. The van der Waals surface area contributed by atoms with Gasteiger partial charge in [0.15, 0.2) is 0 Å². The summed E-state index contributed by atoms with van der Waals surface area (Å²) >= 11 is 0. The topological polar surface area (TPSA) is 25.8 Å². The maximum absolute atomic E-state index is 14.4. The van der Waals surface area contributed by atoms with Crippen LogP contribution in [0, 0.1) is 5.82 Å². The average molecular weight is 366 g/mol. The normalized spacial score (nSPS) is 13.8. The highest BCUT2D eigenvalue weighted by atomic mass is 19.1. The first-order valence-corrected chi connectivity index (χ1v) is 9.44. The van der Waals surface area contributed by atoms with E-state index in [4.69, 9.17) is 0 Å². The van der Waals surface area contributed by atoms with E-state index >= 15 is 0 Å². The fraction of sp³-hybridized carbons (Fsp3) is 0.120. The van der Waals surface area contributed by atoms with Gasteiger partial charge in [0.1, 0.15) is 5.82 Å². The van der Waals surface area contributed by atoms with Crippen LogP contribution in [0.1, 0.15) is 22.3 Å². The fourth-order valence-electron chi connectivity index (χ4n) is 4.57. The van der Waals surface area contributed by atoms with Crippen LogP contribution >= 0.6 is 0 Å². The van der Waals surface area contributed by atoms with E-state index in [9.17, 15) is 4.39 Å². The van der Waals surface area contributed by atoms with Crippen molar-refractivity contribution in [1.82, 2.24) is 9.97 Å². The first kappa shape index (κ1) is 16.8. The molecule has 2 aromatic heterocycles. The second-order valence-electron chi connectivity index (χ2n) is 7.38. The summed E-state index contributed by atoms with van der Waals surface area (Å²) in [5, 5.41) is 0. The quantitative estimate of drug-likeness (QED) is 0.485. The van der Waals surface area contributed by atoms with Crippen molar-refractivity contribution in [2.45, 2.75) is 18.3 Å². The van der Waals surface area contributed by atoms with Gasteiger partial charge in [-0.05, 0) is 82.6 Å². The first-order valence-electron chi connectivity index (χ1n) is 9.44. The summed E-state index contributed by atoms with van der Waals surface area (Å²) in [5.41, 5.74) is 6.68. The molecule has 5 rings (SSSR count). The Kier molecular flexibility index (Phi) is 4.01. The monoisotopic (exact) mass is 366 g/mol. The van der Waals surface area contributed by atoms with Crippen molar-refractivity contribution < 1.29 is 4.39 Å². The molecule has 0 atom stereocenters. The van der Waals surface area contributed by atoms with Gasteiger partial charge < -0.3 is 0 Å². The molecule has 0 N–H and O–H groups in total. The highest BCUT2D eigenvalue weighted by molar-refractivity contribution is 5.81. The zero-order chi connectivity index (χ0) is 19.0. The molecule has 1 aliphatic carbocycles. The lowest BCUT2D eigenvalue weighted by Gasteiger charge is -2.33. The van der Waals surface area contributed by atoms with Crippen molar-refractivity contribution in [1.29, 1.82) is 0 Å². The molecule has 1 aliphatic rings. The van der Waals surface area contributed by atoms with Gasteiger partial charge in [0.2, 0.25) is 0 Å². The Hall–Kier alpha value is -3.33. The molecule has 2 aromatic carbocycles. The minimum absolute atomic E-state index is 0.194. The molecule has 28 heavy (non-hydrogen) atoms. The number of nitrogens with zero attached hydrogens (tertiary/aromatic N) is 2. The van der Waals surface area contributed by atoms with Crippen molar-refractivity contribution in [2.75, 3.05) is 0 Å². The molecule has 0 saturated carbocycles. The van der Waals surface area contributed by atoms with Gasteiger partial charge in [-0.3, -0.25) is 9.97 Å². The standard InChI is InChI=1S/C25H19FN2/c26-20-5-6-22-21-3-1-2-4-23(21)25(24(22)15-20,16-18-7-11-27-12-8-18)17-19-9-13-28-14-10-19/h1-15H,16-17H2. The number of benzene rings is 2. The average Bonchev–Trinajstić information content (AvgIpc) is 2.99. The van der Waals surface area contributed by atoms with Crippen LogP contribution in [0.3, 0.4) is 0 Å². The van der Waals surface area contributed by atoms with Gasteiger partial charge in [-0.15, -0.1) is 0 Å². The second-order valence-corrected chi connectivity index (χ2v) is 7.38. The Morgan fingerprint density at radius 2 is 1.21 bits per heavy atom. The summed E-state index contributed by atoms with van der Waals surface area (Å²) in [7, 11) is 0. The Bertz CT molecular complexity index is 1080. The molecule has 0 radical (unpaired) electrons. The fourth-order valence-corrected chi connectivity index (χ4v) is 4.57. The van der Waals surface area contributed by atoms with Gasteiger partial charge >= 0.3 is 0 Å². The summed E-state index contributed by atoms with van der Waals surface area (Å²) in [6.07, 6.45) is 8.86. The molecular formula is C25H19FN2. The largest absolute Gasteiger partial charge is 0.265 e. The summed E-state index contributed by atoms with van der Waals surface area (Å²) in [5.74, 6) is -0.194. The number of fused-ring (bicyclic) bond motifs is 3. The van der Waals surface area contributed by atoms with Crippen LogP contribution in [-0.2, 0) is 18.3 Å². The van der Waals surface area contributed by atoms with Gasteiger partial charge in [-0.25, -0.2) is 4.39 Å². The predicted octanol–water partition coefficient (Wildman–Crippen LogP) is 5.37. The van der Waals surface area contributed by atoms with Crippen molar-refractivity contribution in [3.8, 4) is 11.1 Å². The van der Waals surface area contributed by atoms with Crippen LogP contribution in [0.15, 0.2) is 91.5 Å². The highest BCUT2D eigenvalue weighted by Crippen LogP contribution is 2.52. The van der Waals surface area contributed by atoms with E-state index in [2.05, 4.69) is 34.2 Å². The molecule has 0 saturated heterocycles. The van der Waals surface area contributed by atoms with E-state index in [0.29, 0.717) is 0 Å². The lowest BCUT2D eigenvalue weighted by Crippen LogP contribution is -2.31. The molecule has 136 valence electrons. The minimum atomic E-state index is -0.337. The summed E-state index contributed by atoms with van der Waals surface area (Å²) in [6, 6.07) is 21.9. The Morgan fingerprint density at radius 1 is 0.643 bits per heavy atom. The van der Waals surface area contributed by atoms with E-state index in [1.807, 2.05) is 55.1 Å². The van der Waals surface area contributed by atoms with E-state index in [1.165, 1.54) is 22.3 Å². The van der Waals surface area contributed by atoms with Crippen LogP contribution in [-0.4, -0.2) is 9.97 Å². The molecule has 0 spiro atoms. The molecule has 0 fully saturated rings. The molecule has 0 unspecified atom stereocenters. The third kappa shape index (κ3) is 2.71. The third-order valence-electron chi connectivity index (χ3n) is 5.74. The van der Waals surface area contributed by atoms with Crippen LogP contribution in [0.5, 0.6) is 0 Å². The summed E-state index contributed by atoms with van der Waals surface area (Å²) in [6.45, 7) is 0. The van der Waals surface area contributed by atoms with E-state index in [1.54, 1.807) is 12.1 Å². The Labute approximate surface area is 163 Å². The molecule has 2 nitrogen and oxygen atoms in total. The summed E-state index contributed by atoms with van der Waals surface area (Å²) in [4.78, 5) is 8.32. The first-order chi connectivity index (χ1) is 13.8. The zero-order valence-corrected chi connectivity index (χ0v) is 15.3. The van der Waals surface area contributed by atoms with Crippen LogP contribution in [0.2, 0.25) is 0 Å². The number of hydrogen-bond donors (Lipinski definition) is 0. The van der Waals surface area contributed by atoms with Gasteiger partial charge in [0, 0.05) is 30.2 Å². The molecule has 3 heteroatoms. The maximum atomic E-state index is 14.4. The minimum Gasteiger partial charge on any atom is -0.265 e. The van der Waals surface area contributed by atoms with Gasteiger partial charge in [-0.2, -0.15) is 0 Å². The lowest BCUT2D eigenvalue weighted by molar-refractivity contribution is 0.514. The number of rotatable bonds is 4. The van der Waals surface area contributed by atoms with E-state index in [-0.39, 0.29) is 11.2 Å². The molecule has 0 aliphatic heterocycles. The maximum Gasteiger partial charge on any atom is 0.123 e. The van der Waals surface area contributed by atoms with Crippen molar-refractivity contribution in [3.05, 3.63) is 120 Å². The van der Waals surface area contributed by atoms with Crippen LogP contribution in [0.25, 0.3) is 11.1 Å². The van der Waals surface area contributed by atoms with Crippen molar-refractivity contribution >= 4 is 0 Å².